The summed E-state index contributed by atoms with van der Waals surface area (Å²) in [7, 11) is 0. The molecule has 0 amide bonds. The molecule has 4 rings (SSSR count). The first kappa shape index (κ1) is 19.7. The third kappa shape index (κ3) is 3.92. The van der Waals surface area contributed by atoms with Crippen LogP contribution in [0.2, 0.25) is 0 Å². The number of benzene rings is 1. The van der Waals surface area contributed by atoms with Gasteiger partial charge in [0, 0.05) is 31.8 Å². The lowest BCUT2D eigenvalue weighted by Crippen LogP contribution is -2.45. The zero-order chi connectivity index (χ0) is 19.7. The van der Waals surface area contributed by atoms with Gasteiger partial charge in [0.05, 0.1) is 17.1 Å². The van der Waals surface area contributed by atoms with Gasteiger partial charge in [0.2, 0.25) is 0 Å². The summed E-state index contributed by atoms with van der Waals surface area (Å²) >= 11 is 0. The molecule has 1 saturated heterocycles. The van der Waals surface area contributed by atoms with Crippen molar-refractivity contribution < 1.29 is 4.74 Å². The number of rotatable bonds is 5. The number of ether oxygens (including phenoxy) is 1. The molecule has 2 aliphatic rings. The Morgan fingerprint density at radius 2 is 1.68 bits per heavy atom. The molecule has 2 heterocycles. The first-order valence-electron chi connectivity index (χ1n) is 11.1. The van der Waals surface area contributed by atoms with Crippen molar-refractivity contribution in [2.45, 2.75) is 83.9 Å². The van der Waals surface area contributed by atoms with Crippen molar-refractivity contribution in [3.63, 3.8) is 0 Å². The van der Waals surface area contributed by atoms with E-state index in [1.54, 1.807) is 0 Å². The second-order valence-corrected chi connectivity index (χ2v) is 8.82. The molecule has 1 aromatic carbocycles. The lowest BCUT2D eigenvalue weighted by molar-refractivity contribution is 0.00254. The molecule has 2 fully saturated rings. The number of fused-ring (bicyclic) bond motifs is 1. The van der Waals surface area contributed by atoms with E-state index < -0.39 is 0 Å². The van der Waals surface area contributed by atoms with Gasteiger partial charge in [0.15, 0.2) is 0 Å². The third-order valence-electron chi connectivity index (χ3n) is 6.91. The molecule has 1 aromatic heterocycles. The van der Waals surface area contributed by atoms with Crippen LogP contribution in [0.5, 0.6) is 0 Å². The molecular formula is C23H35N3O2. The van der Waals surface area contributed by atoms with Gasteiger partial charge in [0.25, 0.3) is 0 Å². The van der Waals surface area contributed by atoms with Crippen LogP contribution >= 0.6 is 0 Å². The molecule has 2 aromatic rings. The highest BCUT2D eigenvalue weighted by Crippen LogP contribution is 2.31. The molecule has 5 nitrogen and oxygen atoms in total. The predicted molar refractivity (Wildman–Crippen MR) is 114 cm³/mol. The lowest BCUT2D eigenvalue weighted by Gasteiger charge is -2.41. The largest absolute Gasteiger partial charge is 0.378 e. The number of hydrogen-bond donors (Lipinski definition) is 1. The molecular weight excluding hydrogens is 350 g/mol. The molecule has 0 bridgehead atoms. The topological polar surface area (TPSA) is 50.3 Å². The second-order valence-electron chi connectivity index (χ2n) is 8.82. The van der Waals surface area contributed by atoms with Crippen molar-refractivity contribution in [1.29, 1.82) is 0 Å². The Kier molecular flexibility index (Phi) is 5.93. The summed E-state index contributed by atoms with van der Waals surface area (Å²) in [6.45, 7) is 9.50. The maximum Gasteiger partial charge on any atom is 0.326 e. The van der Waals surface area contributed by atoms with Crippen LogP contribution in [0.15, 0.2) is 16.9 Å². The molecule has 5 heteroatoms. The molecule has 0 spiro atoms. The van der Waals surface area contributed by atoms with Gasteiger partial charge < -0.3 is 14.6 Å². The van der Waals surface area contributed by atoms with Crippen LogP contribution < -0.4 is 5.69 Å². The van der Waals surface area contributed by atoms with Crippen molar-refractivity contribution in [2.24, 2.45) is 0 Å². The number of piperidine rings is 1. The van der Waals surface area contributed by atoms with E-state index in [1.807, 2.05) is 4.57 Å². The average Bonchev–Trinajstić information content (AvgIpc) is 3.02. The van der Waals surface area contributed by atoms with Crippen LogP contribution in [0.1, 0.15) is 69.0 Å². The fourth-order valence-electron chi connectivity index (χ4n) is 5.12. The molecule has 1 aliphatic carbocycles. The molecule has 0 atom stereocenters. The smallest absolute Gasteiger partial charge is 0.326 e. The van der Waals surface area contributed by atoms with Gasteiger partial charge >= 0.3 is 5.69 Å². The van der Waals surface area contributed by atoms with E-state index in [0.717, 1.165) is 50.0 Å². The van der Waals surface area contributed by atoms with Gasteiger partial charge in [-0.25, -0.2) is 4.79 Å². The van der Waals surface area contributed by atoms with E-state index in [2.05, 4.69) is 42.8 Å². The molecule has 28 heavy (non-hydrogen) atoms. The number of aromatic nitrogens is 2. The Morgan fingerprint density at radius 3 is 2.36 bits per heavy atom. The molecule has 154 valence electrons. The minimum absolute atomic E-state index is 0.0482. The second kappa shape index (κ2) is 8.42. The van der Waals surface area contributed by atoms with Gasteiger partial charge in [-0.15, -0.1) is 0 Å². The third-order valence-corrected chi connectivity index (χ3v) is 6.91. The quantitative estimate of drug-likeness (QED) is 0.834. The normalized spacial score (nSPS) is 24.8. The van der Waals surface area contributed by atoms with Crippen LogP contribution in [0, 0.1) is 13.8 Å². The summed E-state index contributed by atoms with van der Waals surface area (Å²) in [4.78, 5) is 18.4. The maximum atomic E-state index is 12.6. The number of aromatic amines is 1. The van der Waals surface area contributed by atoms with E-state index in [-0.39, 0.29) is 5.69 Å². The number of imidazole rings is 1. The standard InChI is InChI=1S/C23H35N3O2/c1-4-13-28-20-7-5-18(6-8-20)25-11-9-19(10-12-25)26-22-15-17(3)16(2)14-21(22)24-23(26)27/h14-15,18-20H,4-13H2,1-3H3,(H,24,27)/t18-,20+. The van der Waals surface area contributed by atoms with E-state index >= 15 is 0 Å². The Morgan fingerprint density at radius 1 is 1.00 bits per heavy atom. The number of nitrogens with one attached hydrogen (secondary N) is 1. The van der Waals surface area contributed by atoms with Gasteiger partial charge in [-0.2, -0.15) is 0 Å². The van der Waals surface area contributed by atoms with Crippen LogP contribution in [-0.2, 0) is 4.74 Å². The van der Waals surface area contributed by atoms with Crippen LogP contribution in [0.25, 0.3) is 11.0 Å². The fraction of sp³-hybridized carbons (Fsp3) is 0.696. The number of aryl methyl sites for hydroxylation is 2. The summed E-state index contributed by atoms with van der Waals surface area (Å²) in [5.74, 6) is 0. The van der Waals surface area contributed by atoms with Crippen molar-refractivity contribution >= 4 is 11.0 Å². The Balaban J connectivity index is 1.39. The molecule has 0 radical (unpaired) electrons. The lowest BCUT2D eigenvalue weighted by atomic mass is 9.90. The van der Waals surface area contributed by atoms with E-state index in [9.17, 15) is 4.79 Å². The monoisotopic (exact) mass is 385 g/mol. The van der Waals surface area contributed by atoms with Crippen LogP contribution in [0.4, 0.5) is 0 Å². The minimum atomic E-state index is 0.0482. The van der Waals surface area contributed by atoms with Crippen molar-refractivity contribution in [3.05, 3.63) is 33.7 Å². The van der Waals surface area contributed by atoms with Gasteiger partial charge in [-0.05, 0) is 82.1 Å². The van der Waals surface area contributed by atoms with E-state index in [4.69, 9.17) is 4.74 Å². The Bertz CT molecular complexity index is 853. The highest BCUT2D eigenvalue weighted by Gasteiger charge is 2.30. The van der Waals surface area contributed by atoms with Gasteiger partial charge in [-0.1, -0.05) is 6.92 Å². The summed E-state index contributed by atoms with van der Waals surface area (Å²) in [5.41, 5.74) is 4.57. The van der Waals surface area contributed by atoms with E-state index in [1.165, 1.54) is 36.8 Å². The number of H-pyrrole nitrogens is 1. The highest BCUT2D eigenvalue weighted by molar-refractivity contribution is 5.77. The van der Waals surface area contributed by atoms with E-state index in [0.29, 0.717) is 18.2 Å². The fourth-order valence-corrected chi connectivity index (χ4v) is 5.12. The first-order chi connectivity index (χ1) is 13.6. The van der Waals surface area contributed by atoms with Crippen LogP contribution in [0.3, 0.4) is 0 Å². The molecule has 1 aliphatic heterocycles. The zero-order valence-corrected chi connectivity index (χ0v) is 17.7. The SMILES string of the molecule is CCCO[C@H]1CC[C@@H](N2CCC(n3c(=O)[nH]c4cc(C)c(C)cc43)CC2)CC1. The molecule has 0 unspecified atom stereocenters. The summed E-state index contributed by atoms with van der Waals surface area (Å²) in [6.07, 6.45) is 8.62. The molecule has 1 N–H and O–H groups in total. The number of likely N-dealkylation sites (tertiary alicyclic amines) is 1. The summed E-state index contributed by atoms with van der Waals surface area (Å²) < 4.78 is 7.97. The zero-order valence-electron chi connectivity index (χ0n) is 17.7. The number of nitrogens with zero attached hydrogens (tertiary/aromatic N) is 2. The highest BCUT2D eigenvalue weighted by atomic mass is 16.5. The Hall–Kier alpha value is -1.59. The average molecular weight is 386 g/mol. The maximum absolute atomic E-state index is 12.6. The van der Waals surface area contributed by atoms with Crippen molar-refractivity contribution in [3.8, 4) is 0 Å². The minimum Gasteiger partial charge on any atom is -0.378 e. The summed E-state index contributed by atoms with van der Waals surface area (Å²) in [5, 5.41) is 0. The number of hydrogen-bond acceptors (Lipinski definition) is 3. The van der Waals surface area contributed by atoms with Crippen molar-refractivity contribution in [2.75, 3.05) is 19.7 Å². The van der Waals surface area contributed by atoms with Gasteiger partial charge in [-0.3, -0.25) is 4.57 Å². The van der Waals surface area contributed by atoms with Crippen LogP contribution in [-0.4, -0.2) is 46.3 Å². The first-order valence-corrected chi connectivity index (χ1v) is 11.1. The van der Waals surface area contributed by atoms with Gasteiger partial charge in [0.1, 0.15) is 0 Å². The van der Waals surface area contributed by atoms with Crippen molar-refractivity contribution in [1.82, 2.24) is 14.5 Å². The Labute approximate surface area is 168 Å². The summed E-state index contributed by atoms with van der Waals surface area (Å²) in [6, 6.07) is 5.29. The predicted octanol–water partition coefficient (Wildman–Crippen LogP) is 4.32. The molecule has 1 saturated carbocycles.